The van der Waals surface area contributed by atoms with Crippen LogP contribution in [-0.2, 0) is 0 Å². The van der Waals surface area contributed by atoms with Crippen molar-refractivity contribution in [2.45, 2.75) is 51.4 Å². The lowest BCUT2D eigenvalue weighted by Crippen LogP contribution is -2.11. The van der Waals surface area contributed by atoms with E-state index in [0.29, 0.717) is 5.92 Å². The summed E-state index contributed by atoms with van der Waals surface area (Å²) in [6.07, 6.45) is 10.5. The van der Waals surface area contributed by atoms with Crippen molar-refractivity contribution in [1.82, 2.24) is 0 Å². The van der Waals surface area contributed by atoms with Gasteiger partial charge in [0.05, 0.1) is 0 Å². The van der Waals surface area contributed by atoms with Crippen LogP contribution >= 0.6 is 0 Å². The van der Waals surface area contributed by atoms with E-state index in [1.807, 2.05) is 12.1 Å². The minimum absolute atomic E-state index is 0.138. The predicted molar refractivity (Wildman–Crippen MR) is 70.3 cm³/mol. The Morgan fingerprint density at radius 1 is 1.18 bits per heavy atom. The normalized spacial score (nSPS) is 19.2. The maximum absolute atomic E-state index is 12.9. The lowest BCUT2D eigenvalue weighted by molar-refractivity contribution is 0.325. The average molecular weight is 233 g/mol. The fourth-order valence-electron chi connectivity index (χ4n) is 2.96. The fourth-order valence-corrected chi connectivity index (χ4v) is 2.96. The highest BCUT2D eigenvalue weighted by atomic mass is 19.1. The second-order valence-electron chi connectivity index (χ2n) is 5.23. The molecule has 1 aromatic carbocycles. The van der Waals surface area contributed by atoms with Gasteiger partial charge in [0.15, 0.2) is 0 Å². The zero-order valence-electron chi connectivity index (χ0n) is 10.7. The van der Waals surface area contributed by atoms with Crippen LogP contribution in [0, 0.1) is 18.2 Å². The Bertz CT molecular complexity index is 322. The molecule has 1 unspecified atom stereocenters. The summed E-state index contributed by atoms with van der Waals surface area (Å²) in [4.78, 5) is 0. The molecule has 0 saturated heterocycles. The van der Waals surface area contributed by atoms with Crippen molar-refractivity contribution in [2.24, 2.45) is 5.92 Å². The molecule has 1 fully saturated rings. The molecule has 0 heterocycles. The molecule has 1 aromatic rings. The van der Waals surface area contributed by atoms with Gasteiger partial charge in [-0.25, -0.2) is 4.39 Å². The number of hydrogen-bond acceptors (Lipinski definition) is 0. The Balaban J connectivity index is 1.97. The number of hydrogen-bond donors (Lipinski definition) is 0. The second kappa shape index (κ2) is 6.18. The minimum Gasteiger partial charge on any atom is -0.207 e. The Labute approximate surface area is 104 Å². The summed E-state index contributed by atoms with van der Waals surface area (Å²) >= 11 is 0. The zero-order valence-corrected chi connectivity index (χ0v) is 10.7. The molecule has 1 heteroatoms. The van der Waals surface area contributed by atoms with Gasteiger partial charge in [0.25, 0.3) is 0 Å². The van der Waals surface area contributed by atoms with Crippen LogP contribution in [-0.4, -0.2) is 0 Å². The van der Waals surface area contributed by atoms with E-state index in [2.05, 4.69) is 13.3 Å². The first-order valence-electron chi connectivity index (χ1n) is 6.84. The topological polar surface area (TPSA) is 0 Å². The Morgan fingerprint density at radius 3 is 2.41 bits per heavy atom. The van der Waals surface area contributed by atoms with Crippen molar-refractivity contribution >= 4 is 0 Å². The molecule has 1 aliphatic rings. The third kappa shape index (κ3) is 3.55. The minimum atomic E-state index is -0.138. The highest BCUT2D eigenvalue weighted by Gasteiger charge is 2.19. The van der Waals surface area contributed by atoms with Crippen LogP contribution in [0.4, 0.5) is 4.39 Å². The molecule has 93 valence electrons. The van der Waals surface area contributed by atoms with E-state index in [4.69, 9.17) is 0 Å². The molecule has 0 aromatic heterocycles. The van der Waals surface area contributed by atoms with Gasteiger partial charge in [-0.3, -0.25) is 0 Å². The van der Waals surface area contributed by atoms with Gasteiger partial charge in [-0.05, 0) is 42.4 Å². The monoisotopic (exact) mass is 233 g/mol. The van der Waals surface area contributed by atoms with E-state index in [1.165, 1.54) is 44.1 Å². The second-order valence-corrected chi connectivity index (χ2v) is 5.23. The molecule has 17 heavy (non-hydrogen) atoms. The first kappa shape index (κ1) is 12.6. The highest BCUT2D eigenvalue weighted by Crippen LogP contribution is 2.34. The highest BCUT2D eigenvalue weighted by molar-refractivity contribution is 5.22. The number of benzene rings is 1. The van der Waals surface area contributed by atoms with Gasteiger partial charge in [0.2, 0.25) is 0 Å². The molecule has 2 rings (SSSR count). The summed E-state index contributed by atoms with van der Waals surface area (Å²) in [6.45, 7) is 2.12. The van der Waals surface area contributed by atoms with Crippen LogP contribution in [0.1, 0.15) is 56.9 Å². The van der Waals surface area contributed by atoms with Gasteiger partial charge < -0.3 is 0 Å². The van der Waals surface area contributed by atoms with Crippen LogP contribution < -0.4 is 0 Å². The average Bonchev–Trinajstić information content (AvgIpc) is 2.38. The van der Waals surface area contributed by atoms with E-state index in [-0.39, 0.29) is 5.82 Å². The lowest BCUT2D eigenvalue weighted by atomic mass is 9.80. The molecule has 0 aliphatic heterocycles. The third-order valence-electron chi connectivity index (χ3n) is 4.01. The molecule has 0 spiro atoms. The number of halogens is 1. The van der Waals surface area contributed by atoms with Crippen LogP contribution in [0.3, 0.4) is 0 Å². The molecule has 0 bridgehead atoms. The van der Waals surface area contributed by atoms with Gasteiger partial charge in [0, 0.05) is 0 Å². The summed E-state index contributed by atoms with van der Waals surface area (Å²) in [5.41, 5.74) is 1.26. The molecule has 1 radical (unpaired) electrons. The summed E-state index contributed by atoms with van der Waals surface area (Å²) in [7, 11) is 0. The molecule has 1 aliphatic carbocycles. The van der Waals surface area contributed by atoms with E-state index < -0.39 is 0 Å². The smallest absolute Gasteiger partial charge is 0.123 e. The van der Waals surface area contributed by atoms with Crippen LogP contribution in [0.2, 0.25) is 0 Å². The van der Waals surface area contributed by atoms with Crippen molar-refractivity contribution in [2.75, 3.05) is 0 Å². The van der Waals surface area contributed by atoms with Gasteiger partial charge >= 0.3 is 0 Å². The predicted octanol–water partition coefficient (Wildman–Crippen LogP) is 5.10. The van der Waals surface area contributed by atoms with Crippen molar-refractivity contribution in [3.8, 4) is 0 Å². The van der Waals surface area contributed by atoms with Crippen molar-refractivity contribution in [3.05, 3.63) is 42.1 Å². The van der Waals surface area contributed by atoms with E-state index in [9.17, 15) is 4.39 Å². The van der Waals surface area contributed by atoms with E-state index in [0.717, 1.165) is 5.92 Å². The fraction of sp³-hybridized carbons (Fsp3) is 0.562. The quantitative estimate of drug-likeness (QED) is 0.678. The SMILES string of the molecule is C[CH]C(CC1CCCCC1)c1ccc(F)cc1. The Morgan fingerprint density at radius 2 is 1.82 bits per heavy atom. The molecular formula is C16H22F. The van der Waals surface area contributed by atoms with Gasteiger partial charge in [-0.2, -0.15) is 0 Å². The van der Waals surface area contributed by atoms with Gasteiger partial charge in [0.1, 0.15) is 5.82 Å². The summed E-state index contributed by atoms with van der Waals surface area (Å²) < 4.78 is 12.9. The molecule has 1 saturated carbocycles. The van der Waals surface area contributed by atoms with Crippen LogP contribution in [0.5, 0.6) is 0 Å². The molecular weight excluding hydrogens is 211 g/mol. The summed E-state index contributed by atoms with van der Waals surface area (Å²) in [5, 5.41) is 0. The zero-order chi connectivity index (χ0) is 12.1. The van der Waals surface area contributed by atoms with Crippen molar-refractivity contribution < 1.29 is 4.39 Å². The van der Waals surface area contributed by atoms with E-state index in [1.54, 1.807) is 12.1 Å². The van der Waals surface area contributed by atoms with Gasteiger partial charge in [-0.15, -0.1) is 0 Å². The van der Waals surface area contributed by atoms with Crippen LogP contribution in [0.25, 0.3) is 0 Å². The largest absolute Gasteiger partial charge is 0.207 e. The summed E-state index contributed by atoms with van der Waals surface area (Å²) in [5.74, 6) is 1.23. The van der Waals surface area contributed by atoms with Crippen molar-refractivity contribution in [3.63, 3.8) is 0 Å². The molecule has 0 N–H and O–H groups in total. The molecule has 0 amide bonds. The first-order valence-corrected chi connectivity index (χ1v) is 6.84. The molecule has 1 atom stereocenters. The summed E-state index contributed by atoms with van der Waals surface area (Å²) in [6, 6.07) is 7.02. The van der Waals surface area contributed by atoms with E-state index >= 15 is 0 Å². The van der Waals surface area contributed by atoms with Gasteiger partial charge in [-0.1, -0.05) is 51.2 Å². The van der Waals surface area contributed by atoms with Crippen molar-refractivity contribution in [1.29, 1.82) is 0 Å². The maximum atomic E-state index is 12.9. The standard InChI is InChI=1S/C16H22F/c1-2-14(12-13-6-4-3-5-7-13)15-8-10-16(17)11-9-15/h2,8-11,13-14H,3-7,12H2,1H3. The van der Waals surface area contributed by atoms with Crippen LogP contribution in [0.15, 0.2) is 24.3 Å². The maximum Gasteiger partial charge on any atom is 0.123 e. The Hall–Kier alpha value is -0.850. The third-order valence-corrected chi connectivity index (χ3v) is 4.01. The Kier molecular flexibility index (Phi) is 4.58. The first-order chi connectivity index (χ1) is 8.29. The molecule has 0 nitrogen and oxygen atoms in total. The lowest BCUT2D eigenvalue weighted by Gasteiger charge is -2.26. The number of rotatable bonds is 4.